The van der Waals surface area contributed by atoms with Crippen LogP contribution in [0.3, 0.4) is 0 Å². The summed E-state index contributed by atoms with van der Waals surface area (Å²) in [5.74, 6) is 1.34. The molecule has 24 heavy (non-hydrogen) atoms. The number of pyridine rings is 1. The highest BCUT2D eigenvalue weighted by Gasteiger charge is 2.45. The van der Waals surface area contributed by atoms with Crippen molar-refractivity contribution in [1.82, 2.24) is 20.5 Å². The van der Waals surface area contributed by atoms with Gasteiger partial charge in [0.2, 0.25) is 0 Å². The van der Waals surface area contributed by atoms with Gasteiger partial charge in [-0.25, -0.2) is 0 Å². The summed E-state index contributed by atoms with van der Waals surface area (Å²) < 4.78 is 0. The summed E-state index contributed by atoms with van der Waals surface area (Å²) in [6.45, 7) is 4.11. The van der Waals surface area contributed by atoms with Crippen LogP contribution in [0.15, 0.2) is 18.5 Å². The average molecular weight is 349 g/mol. The minimum absolute atomic E-state index is 0.0792. The first-order chi connectivity index (χ1) is 11.7. The number of halogens is 1. The lowest BCUT2D eigenvalue weighted by molar-refractivity contribution is -0.0371. The van der Waals surface area contributed by atoms with E-state index in [1.807, 2.05) is 0 Å². The zero-order valence-electron chi connectivity index (χ0n) is 13.9. The van der Waals surface area contributed by atoms with Crippen molar-refractivity contribution in [3.63, 3.8) is 0 Å². The van der Waals surface area contributed by atoms with Crippen LogP contribution in [0.25, 0.3) is 0 Å². The van der Waals surface area contributed by atoms with Crippen LogP contribution in [-0.2, 0) is 0 Å². The molecule has 130 valence electrons. The van der Waals surface area contributed by atoms with Crippen LogP contribution in [0.4, 0.5) is 0 Å². The summed E-state index contributed by atoms with van der Waals surface area (Å²) in [6.07, 6.45) is 8.35. The van der Waals surface area contributed by atoms with Gasteiger partial charge in [0.05, 0.1) is 10.6 Å². The van der Waals surface area contributed by atoms with Gasteiger partial charge in [0.25, 0.3) is 5.91 Å². The highest BCUT2D eigenvalue weighted by Crippen LogP contribution is 2.38. The number of fused-ring (bicyclic) bond motifs is 4. The molecular weight excluding hydrogens is 324 g/mol. The molecule has 1 aromatic heterocycles. The lowest BCUT2D eigenvalue weighted by Gasteiger charge is -2.55. The number of amides is 1. The number of nitrogens with one attached hydrogen (secondary N) is 2. The molecule has 0 unspecified atom stereocenters. The third-order valence-corrected chi connectivity index (χ3v) is 6.17. The second-order valence-corrected chi connectivity index (χ2v) is 7.82. The minimum atomic E-state index is -0.0792. The Morgan fingerprint density at radius 2 is 2.21 bits per heavy atom. The summed E-state index contributed by atoms with van der Waals surface area (Å²) in [4.78, 5) is 19.1. The Hall–Kier alpha value is -1.17. The van der Waals surface area contributed by atoms with Gasteiger partial charge >= 0.3 is 0 Å². The van der Waals surface area contributed by atoms with E-state index in [2.05, 4.69) is 20.5 Å². The molecule has 0 aliphatic carbocycles. The second kappa shape index (κ2) is 6.98. The van der Waals surface area contributed by atoms with E-state index in [0.29, 0.717) is 35.1 Å². The quantitative estimate of drug-likeness (QED) is 0.876. The number of hydrogen-bond donors (Lipinski definition) is 2. The van der Waals surface area contributed by atoms with E-state index >= 15 is 0 Å². The summed E-state index contributed by atoms with van der Waals surface area (Å²) >= 11 is 5.94. The lowest BCUT2D eigenvalue weighted by atomic mass is 9.73. The molecule has 2 N–H and O–H groups in total. The summed E-state index contributed by atoms with van der Waals surface area (Å²) in [6, 6.07) is 2.81. The molecular formula is C18H25ClN4O. The van der Waals surface area contributed by atoms with E-state index in [9.17, 15) is 4.79 Å². The molecule has 4 heterocycles. The second-order valence-electron chi connectivity index (χ2n) is 7.38. The van der Waals surface area contributed by atoms with Gasteiger partial charge in [-0.3, -0.25) is 14.7 Å². The van der Waals surface area contributed by atoms with E-state index < -0.39 is 0 Å². The van der Waals surface area contributed by atoms with Crippen molar-refractivity contribution in [3.05, 3.63) is 29.0 Å². The SMILES string of the molecule is O=C(NC[C@H]1[C@@H]2CNC[C@@H](C2)[C@@H]2CCCCN21)c1cncc(Cl)c1. The van der Waals surface area contributed by atoms with Crippen LogP contribution >= 0.6 is 11.6 Å². The zero-order valence-corrected chi connectivity index (χ0v) is 14.6. The van der Waals surface area contributed by atoms with Crippen molar-refractivity contribution in [2.75, 3.05) is 26.2 Å². The van der Waals surface area contributed by atoms with Crippen molar-refractivity contribution in [1.29, 1.82) is 0 Å². The Labute approximate surface area is 148 Å². The first-order valence-electron chi connectivity index (χ1n) is 9.07. The van der Waals surface area contributed by atoms with Crippen LogP contribution in [-0.4, -0.2) is 54.1 Å². The van der Waals surface area contributed by atoms with Gasteiger partial charge in [0.15, 0.2) is 0 Å². The summed E-state index contributed by atoms with van der Waals surface area (Å²) in [5.41, 5.74) is 0.535. The number of carbonyl (C=O) groups excluding carboxylic acids is 1. The summed E-state index contributed by atoms with van der Waals surface area (Å²) in [7, 11) is 0. The van der Waals surface area contributed by atoms with E-state index in [1.165, 1.54) is 32.2 Å². The number of rotatable bonds is 3. The topological polar surface area (TPSA) is 57.3 Å². The summed E-state index contributed by atoms with van der Waals surface area (Å²) in [5, 5.41) is 7.23. The Balaban J connectivity index is 1.45. The van der Waals surface area contributed by atoms with Gasteiger partial charge in [0, 0.05) is 31.0 Å². The standard InChI is InChI=1S/C18H25ClN4O/c19-15-6-14(9-21-10-15)18(24)22-11-17-13-5-12(7-20-8-13)16-3-1-2-4-23(16)17/h6,9-10,12-13,16-17,20H,1-5,7-8,11H2,(H,22,24)/t12-,13+,16+,17+/m1/s1. The Morgan fingerprint density at radius 1 is 1.33 bits per heavy atom. The Bertz CT molecular complexity index is 610. The van der Waals surface area contributed by atoms with Crippen molar-refractivity contribution < 1.29 is 4.79 Å². The van der Waals surface area contributed by atoms with E-state index in [0.717, 1.165) is 19.0 Å². The predicted octanol–water partition coefficient (Wildman–Crippen LogP) is 1.93. The maximum Gasteiger partial charge on any atom is 0.252 e. The van der Waals surface area contributed by atoms with Gasteiger partial charge in [0.1, 0.15) is 0 Å². The third-order valence-electron chi connectivity index (χ3n) is 5.96. The van der Waals surface area contributed by atoms with Crippen molar-refractivity contribution in [2.45, 2.75) is 37.8 Å². The number of hydrogen-bond acceptors (Lipinski definition) is 4. The maximum atomic E-state index is 12.4. The van der Waals surface area contributed by atoms with Crippen molar-refractivity contribution in [2.24, 2.45) is 11.8 Å². The fourth-order valence-corrected chi connectivity index (χ4v) is 5.06. The molecule has 2 bridgehead atoms. The third kappa shape index (κ3) is 3.17. The van der Waals surface area contributed by atoms with Gasteiger partial charge in [-0.05, 0) is 56.8 Å². The average Bonchev–Trinajstić information content (AvgIpc) is 2.62. The molecule has 3 aliphatic rings. The van der Waals surface area contributed by atoms with E-state index in [-0.39, 0.29) is 5.91 Å². The van der Waals surface area contributed by atoms with Gasteiger partial charge < -0.3 is 10.6 Å². The fraction of sp³-hybridized carbons (Fsp3) is 0.667. The molecule has 3 aliphatic heterocycles. The zero-order chi connectivity index (χ0) is 16.5. The molecule has 0 saturated carbocycles. The Morgan fingerprint density at radius 3 is 3.08 bits per heavy atom. The van der Waals surface area contributed by atoms with Crippen molar-refractivity contribution >= 4 is 17.5 Å². The predicted molar refractivity (Wildman–Crippen MR) is 94.2 cm³/mol. The number of piperidine rings is 3. The molecule has 0 spiro atoms. The van der Waals surface area contributed by atoms with Crippen LogP contribution < -0.4 is 10.6 Å². The molecule has 0 aromatic carbocycles. The molecule has 1 aromatic rings. The van der Waals surface area contributed by atoms with Crippen molar-refractivity contribution in [3.8, 4) is 0 Å². The number of aromatic nitrogens is 1. The van der Waals surface area contributed by atoms with Crippen LogP contribution in [0.1, 0.15) is 36.0 Å². The molecule has 0 radical (unpaired) electrons. The monoisotopic (exact) mass is 348 g/mol. The molecule has 3 fully saturated rings. The van der Waals surface area contributed by atoms with Crippen LogP contribution in [0.2, 0.25) is 5.02 Å². The molecule has 5 nitrogen and oxygen atoms in total. The highest BCUT2D eigenvalue weighted by atomic mass is 35.5. The van der Waals surface area contributed by atoms with Gasteiger partial charge in [-0.2, -0.15) is 0 Å². The molecule has 3 saturated heterocycles. The van der Waals surface area contributed by atoms with Gasteiger partial charge in [-0.1, -0.05) is 18.0 Å². The smallest absolute Gasteiger partial charge is 0.252 e. The largest absolute Gasteiger partial charge is 0.350 e. The molecule has 4 rings (SSSR count). The van der Waals surface area contributed by atoms with Gasteiger partial charge in [-0.15, -0.1) is 0 Å². The number of carbonyl (C=O) groups is 1. The Kier molecular flexibility index (Phi) is 4.74. The molecule has 1 amide bonds. The highest BCUT2D eigenvalue weighted by molar-refractivity contribution is 6.30. The first kappa shape index (κ1) is 16.3. The van der Waals surface area contributed by atoms with Crippen LogP contribution in [0, 0.1) is 11.8 Å². The molecule has 6 heteroatoms. The van der Waals surface area contributed by atoms with E-state index in [4.69, 9.17) is 11.6 Å². The maximum absolute atomic E-state index is 12.4. The lowest BCUT2D eigenvalue weighted by Crippen LogP contribution is -2.65. The van der Waals surface area contributed by atoms with E-state index in [1.54, 1.807) is 18.5 Å². The number of nitrogens with zero attached hydrogens (tertiary/aromatic N) is 2. The molecule has 4 atom stereocenters. The van der Waals surface area contributed by atoms with Crippen LogP contribution in [0.5, 0.6) is 0 Å². The fourth-order valence-electron chi connectivity index (χ4n) is 4.88. The first-order valence-corrected chi connectivity index (χ1v) is 9.45. The normalized spacial score (nSPS) is 32.9. The minimum Gasteiger partial charge on any atom is -0.350 e.